The number of nitrogen functional groups attached to an aromatic ring is 1. The highest BCUT2D eigenvalue weighted by atomic mass is 16.5. The fourth-order valence-corrected chi connectivity index (χ4v) is 2.80. The largest absolute Gasteiger partial charge is 0.496 e. The maximum Gasteiger partial charge on any atom is 0.335 e. The standard InChI is InChI=1S/C19H26N4O3/c1-4-5-6-9-21-17-15(12(2)22-19(20)23-17)11-14-10-13(18(24)25)7-8-16(14)26-3/h7-8,10H,4-6,9,11H2,1-3H3,(H,24,25)(H3,20,21,22,23). The monoisotopic (exact) mass is 358 g/mol. The van der Waals surface area contributed by atoms with Crippen LogP contribution in [0.25, 0.3) is 0 Å². The van der Waals surface area contributed by atoms with E-state index in [1.165, 1.54) is 6.07 Å². The predicted octanol–water partition coefficient (Wildman–Crippen LogP) is 3.27. The number of anilines is 2. The highest BCUT2D eigenvalue weighted by Gasteiger charge is 2.15. The van der Waals surface area contributed by atoms with Gasteiger partial charge in [-0.05, 0) is 37.1 Å². The van der Waals surface area contributed by atoms with Gasteiger partial charge in [-0.15, -0.1) is 0 Å². The molecule has 0 bridgehead atoms. The summed E-state index contributed by atoms with van der Waals surface area (Å²) >= 11 is 0. The number of methoxy groups -OCH3 is 1. The molecular formula is C19H26N4O3. The molecule has 1 aromatic carbocycles. The zero-order valence-electron chi connectivity index (χ0n) is 15.5. The number of nitrogens with one attached hydrogen (secondary N) is 1. The Morgan fingerprint density at radius 3 is 2.73 bits per heavy atom. The third-order valence-corrected chi connectivity index (χ3v) is 4.20. The van der Waals surface area contributed by atoms with Crippen LogP contribution in [0.5, 0.6) is 5.75 Å². The summed E-state index contributed by atoms with van der Waals surface area (Å²) in [6.45, 7) is 4.82. The number of hydrogen-bond donors (Lipinski definition) is 3. The van der Waals surface area contributed by atoms with Gasteiger partial charge in [0.1, 0.15) is 11.6 Å². The minimum absolute atomic E-state index is 0.215. The van der Waals surface area contributed by atoms with Gasteiger partial charge in [0.15, 0.2) is 0 Å². The van der Waals surface area contributed by atoms with Crippen LogP contribution in [-0.4, -0.2) is 34.7 Å². The maximum atomic E-state index is 11.3. The molecule has 0 fully saturated rings. The van der Waals surface area contributed by atoms with Crippen molar-refractivity contribution in [2.24, 2.45) is 0 Å². The molecule has 7 nitrogen and oxygen atoms in total. The summed E-state index contributed by atoms with van der Waals surface area (Å²) in [5, 5.41) is 12.6. The number of carboxylic acid groups (broad SMARTS) is 1. The Bertz CT molecular complexity index is 778. The summed E-state index contributed by atoms with van der Waals surface area (Å²) in [6.07, 6.45) is 3.76. The smallest absolute Gasteiger partial charge is 0.335 e. The van der Waals surface area contributed by atoms with Crippen molar-refractivity contribution in [3.05, 3.63) is 40.6 Å². The number of unbranched alkanes of at least 4 members (excludes halogenated alkanes) is 2. The van der Waals surface area contributed by atoms with Crippen molar-refractivity contribution in [3.8, 4) is 5.75 Å². The molecule has 26 heavy (non-hydrogen) atoms. The SMILES string of the molecule is CCCCCNc1nc(N)nc(C)c1Cc1cc(C(=O)O)ccc1OC. The molecule has 2 rings (SSSR count). The molecule has 4 N–H and O–H groups in total. The Balaban J connectivity index is 2.36. The average Bonchev–Trinajstić information content (AvgIpc) is 2.61. The highest BCUT2D eigenvalue weighted by molar-refractivity contribution is 5.88. The van der Waals surface area contributed by atoms with Gasteiger partial charge in [-0.3, -0.25) is 0 Å². The van der Waals surface area contributed by atoms with E-state index in [0.717, 1.165) is 42.6 Å². The van der Waals surface area contributed by atoms with Crippen LogP contribution >= 0.6 is 0 Å². The Hall–Kier alpha value is -2.83. The van der Waals surface area contributed by atoms with Gasteiger partial charge in [0, 0.05) is 24.2 Å². The quantitative estimate of drug-likeness (QED) is 0.590. The molecule has 0 spiro atoms. The van der Waals surface area contributed by atoms with Crippen LogP contribution in [0.15, 0.2) is 18.2 Å². The van der Waals surface area contributed by atoms with Crippen molar-refractivity contribution in [1.29, 1.82) is 0 Å². The molecule has 2 aromatic rings. The number of aryl methyl sites for hydroxylation is 1. The number of hydrogen-bond acceptors (Lipinski definition) is 6. The number of nitrogens with two attached hydrogens (primary N) is 1. The van der Waals surface area contributed by atoms with E-state index in [1.54, 1.807) is 19.2 Å². The molecule has 1 heterocycles. The third kappa shape index (κ3) is 4.84. The van der Waals surface area contributed by atoms with Crippen molar-refractivity contribution in [2.75, 3.05) is 24.7 Å². The van der Waals surface area contributed by atoms with E-state index in [-0.39, 0.29) is 11.5 Å². The van der Waals surface area contributed by atoms with Crippen LogP contribution in [0, 0.1) is 6.92 Å². The van der Waals surface area contributed by atoms with Crippen molar-refractivity contribution in [1.82, 2.24) is 9.97 Å². The second-order valence-corrected chi connectivity index (χ2v) is 6.14. The molecule has 140 valence electrons. The summed E-state index contributed by atoms with van der Waals surface area (Å²) in [6, 6.07) is 4.82. The number of rotatable bonds is 9. The Kier molecular flexibility index (Phi) is 6.77. The zero-order chi connectivity index (χ0) is 19.1. The average molecular weight is 358 g/mol. The third-order valence-electron chi connectivity index (χ3n) is 4.20. The van der Waals surface area contributed by atoms with Crippen LogP contribution in [-0.2, 0) is 6.42 Å². The lowest BCUT2D eigenvalue weighted by atomic mass is 10.0. The van der Waals surface area contributed by atoms with E-state index in [0.29, 0.717) is 18.0 Å². The number of carboxylic acids is 1. The Morgan fingerprint density at radius 2 is 2.08 bits per heavy atom. The lowest BCUT2D eigenvalue weighted by Gasteiger charge is -2.16. The van der Waals surface area contributed by atoms with Crippen LogP contribution in [0.3, 0.4) is 0 Å². The first-order valence-corrected chi connectivity index (χ1v) is 8.73. The van der Waals surface area contributed by atoms with Crippen molar-refractivity contribution in [2.45, 2.75) is 39.5 Å². The van der Waals surface area contributed by atoms with E-state index >= 15 is 0 Å². The lowest BCUT2D eigenvalue weighted by Crippen LogP contribution is -2.12. The van der Waals surface area contributed by atoms with Crippen molar-refractivity contribution in [3.63, 3.8) is 0 Å². The second kappa shape index (κ2) is 9.03. The summed E-state index contributed by atoms with van der Waals surface area (Å²) in [5.41, 5.74) is 8.43. The summed E-state index contributed by atoms with van der Waals surface area (Å²) < 4.78 is 5.39. The molecule has 0 amide bonds. The molecule has 0 radical (unpaired) electrons. The minimum Gasteiger partial charge on any atom is -0.496 e. The number of aromatic carboxylic acids is 1. The van der Waals surface area contributed by atoms with Crippen molar-refractivity contribution >= 4 is 17.7 Å². The van der Waals surface area contributed by atoms with Gasteiger partial charge in [0.05, 0.1) is 12.7 Å². The molecule has 1 aromatic heterocycles. The molecule has 0 aliphatic heterocycles. The molecular weight excluding hydrogens is 332 g/mol. The lowest BCUT2D eigenvalue weighted by molar-refractivity contribution is 0.0696. The van der Waals surface area contributed by atoms with E-state index in [4.69, 9.17) is 10.5 Å². The van der Waals surface area contributed by atoms with E-state index in [2.05, 4.69) is 22.2 Å². The van der Waals surface area contributed by atoms with Gasteiger partial charge in [0.2, 0.25) is 5.95 Å². The number of ether oxygens (including phenoxy) is 1. The normalized spacial score (nSPS) is 10.6. The number of nitrogens with zero attached hydrogens (tertiary/aromatic N) is 2. The van der Waals surface area contributed by atoms with Gasteiger partial charge in [-0.25, -0.2) is 9.78 Å². The fraction of sp³-hybridized carbons (Fsp3) is 0.421. The highest BCUT2D eigenvalue weighted by Crippen LogP contribution is 2.27. The summed E-state index contributed by atoms with van der Waals surface area (Å²) in [5.74, 6) is 0.560. The molecule has 7 heteroatoms. The first kappa shape index (κ1) is 19.5. The van der Waals surface area contributed by atoms with E-state index in [9.17, 15) is 9.90 Å². The number of benzene rings is 1. The minimum atomic E-state index is -0.975. The zero-order valence-corrected chi connectivity index (χ0v) is 15.5. The molecule has 0 saturated carbocycles. The molecule has 0 atom stereocenters. The van der Waals surface area contributed by atoms with Gasteiger partial charge < -0.3 is 20.9 Å². The van der Waals surface area contributed by atoms with Crippen LogP contribution in [0.1, 0.15) is 53.4 Å². The fourth-order valence-electron chi connectivity index (χ4n) is 2.80. The molecule has 0 unspecified atom stereocenters. The van der Waals surface area contributed by atoms with E-state index < -0.39 is 5.97 Å². The van der Waals surface area contributed by atoms with Crippen LogP contribution in [0.2, 0.25) is 0 Å². The number of carbonyl (C=O) groups is 1. The topological polar surface area (TPSA) is 110 Å². The van der Waals surface area contributed by atoms with Gasteiger partial charge >= 0.3 is 5.97 Å². The molecule has 0 aliphatic carbocycles. The molecule has 0 saturated heterocycles. The second-order valence-electron chi connectivity index (χ2n) is 6.14. The van der Waals surface area contributed by atoms with Gasteiger partial charge in [-0.1, -0.05) is 19.8 Å². The first-order valence-electron chi connectivity index (χ1n) is 8.73. The summed E-state index contributed by atoms with van der Waals surface area (Å²) in [7, 11) is 1.57. The molecule has 0 aliphatic rings. The van der Waals surface area contributed by atoms with Gasteiger partial charge in [0.25, 0.3) is 0 Å². The Morgan fingerprint density at radius 1 is 1.31 bits per heavy atom. The number of aromatic nitrogens is 2. The van der Waals surface area contributed by atoms with Crippen LogP contribution in [0.4, 0.5) is 11.8 Å². The maximum absolute atomic E-state index is 11.3. The first-order chi connectivity index (χ1) is 12.5. The van der Waals surface area contributed by atoms with E-state index in [1.807, 2.05) is 6.92 Å². The summed E-state index contributed by atoms with van der Waals surface area (Å²) in [4.78, 5) is 19.9. The predicted molar refractivity (Wildman–Crippen MR) is 102 cm³/mol. The Labute approximate surface area is 153 Å². The van der Waals surface area contributed by atoms with Gasteiger partial charge in [-0.2, -0.15) is 4.98 Å². The van der Waals surface area contributed by atoms with Crippen LogP contribution < -0.4 is 15.8 Å². The van der Waals surface area contributed by atoms with Crippen molar-refractivity contribution < 1.29 is 14.6 Å².